The van der Waals surface area contributed by atoms with Crippen LogP contribution >= 0.6 is 0 Å². The van der Waals surface area contributed by atoms with E-state index in [4.69, 9.17) is 4.74 Å². The van der Waals surface area contributed by atoms with Crippen LogP contribution in [0.1, 0.15) is 26.5 Å². The Kier molecular flexibility index (Phi) is 5.03. The highest BCUT2D eigenvalue weighted by Crippen LogP contribution is 2.35. The Morgan fingerprint density at radius 2 is 1.90 bits per heavy atom. The molecule has 6 heteroatoms. The van der Waals surface area contributed by atoms with E-state index < -0.39 is 15.2 Å². The summed E-state index contributed by atoms with van der Waals surface area (Å²) in [5.74, 6) is 3.47. The van der Waals surface area contributed by atoms with E-state index in [1.165, 1.54) is 13.3 Å². The molecule has 4 nitrogen and oxygen atoms in total. The summed E-state index contributed by atoms with van der Waals surface area (Å²) in [5.41, 5.74) is 4.18. The van der Waals surface area contributed by atoms with Gasteiger partial charge in [-0.15, -0.1) is 5.54 Å². The van der Waals surface area contributed by atoms with Crippen LogP contribution in [0.3, 0.4) is 0 Å². The minimum absolute atomic E-state index is 0.186. The van der Waals surface area contributed by atoms with Crippen LogP contribution in [0.15, 0.2) is 12.3 Å². The highest BCUT2D eigenvalue weighted by atomic mass is 28.3. The lowest BCUT2D eigenvalue weighted by atomic mass is 9.81. The van der Waals surface area contributed by atoms with Gasteiger partial charge in [0.2, 0.25) is 0 Å². The lowest BCUT2D eigenvalue weighted by Gasteiger charge is -2.31. The molecule has 0 radical (unpaired) electrons. The molecular formula is C14H22BNO3Si. The van der Waals surface area contributed by atoms with Crippen LogP contribution in [-0.4, -0.2) is 37.3 Å². The molecular weight excluding hydrogens is 269 g/mol. The second-order valence-electron chi connectivity index (χ2n) is 6.31. The molecule has 0 aliphatic heterocycles. The number of nitrogens with zero attached hydrogens (tertiary/aromatic N) is 1. The molecule has 2 N–H and O–H groups in total. The van der Waals surface area contributed by atoms with Crippen molar-refractivity contribution in [2.75, 3.05) is 7.11 Å². The third-order valence-corrected chi connectivity index (χ3v) is 8.27. The summed E-state index contributed by atoms with van der Waals surface area (Å²) in [6.07, 6.45) is 1.39. The molecule has 1 rings (SSSR count). The van der Waals surface area contributed by atoms with Crippen molar-refractivity contribution >= 4 is 20.7 Å². The van der Waals surface area contributed by atoms with Crippen molar-refractivity contribution in [3.63, 3.8) is 0 Å². The van der Waals surface area contributed by atoms with Gasteiger partial charge >= 0.3 is 7.12 Å². The van der Waals surface area contributed by atoms with Crippen molar-refractivity contribution in [2.45, 2.75) is 38.9 Å². The Morgan fingerprint density at radius 3 is 2.35 bits per heavy atom. The standard InChI is InChI=1S/C14H22BNO3Si/c1-14(2,3)20(5,6)8-7-11-9-13(19-4)12(10-16-11)15(17)18/h9-10,17-18H,1-6H3. The zero-order valence-corrected chi connectivity index (χ0v) is 14.0. The van der Waals surface area contributed by atoms with Gasteiger partial charge in [0.05, 0.1) is 7.11 Å². The third-order valence-electron chi connectivity index (χ3n) is 3.77. The van der Waals surface area contributed by atoms with Crippen LogP contribution in [0.2, 0.25) is 18.1 Å². The Hall–Kier alpha value is -1.29. The largest absolute Gasteiger partial charge is 0.497 e. The predicted octanol–water partition coefficient (Wildman–Crippen LogP) is 1.17. The highest BCUT2D eigenvalue weighted by molar-refractivity contribution is 6.87. The van der Waals surface area contributed by atoms with Gasteiger partial charge < -0.3 is 14.8 Å². The second kappa shape index (κ2) is 6.00. The number of pyridine rings is 1. The smallest absolute Gasteiger partial charge is 0.493 e. The van der Waals surface area contributed by atoms with Gasteiger partial charge in [-0.3, -0.25) is 0 Å². The molecule has 0 aliphatic carbocycles. The Bertz CT molecular complexity index is 542. The molecule has 0 saturated carbocycles. The Labute approximate surface area is 122 Å². The van der Waals surface area contributed by atoms with E-state index >= 15 is 0 Å². The van der Waals surface area contributed by atoms with Crippen molar-refractivity contribution in [1.29, 1.82) is 0 Å². The quantitative estimate of drug-likeness (QED) is 0.634. The zero-order chi connectivity index (χ0) is 15.6. The lowest BCUT2D eigenvalue weighted by Crippen LogP contribution is -2.35. The zero-order valence-electron chi connectivity index (χ0n) is 13.0. The fourth-order valence-corrected chi connectivity index (χ4v) is 2.11. The Balaban J connectivity index is 3.13. The van der Waals surface area contributed by atoms with E-state index in [1.54, 1.807) is 6.07 Å². The fourth-order valence-electron chi connectivity index (χ4n) is 1.29. The van der Waals surface area contributed by atoms with E-state index in [0.29, 0.717) is 11.4 Å². The molecule has 0 unspecified atom stereocenters. The van der Waals surface area contributed by atoms with E-state index in [9.17, 15) is 10.0 Å². The van der Waals surface area contributed by atoms with E-state index in [-0.39, 0.29) is 10.5 Å². The molecule has 0 aliphatic rings. The minimum atomic E-state index is -1.69. The first kappa shape index (κ1) is 16.8. The first-order valence-corrected chi connectivity index (χ1v) is 9.52. The molecule has 0 bridgehead atoms. The molecule has 0 spiro atoms. The second-order valence-corrected chi connectivity index (χ2v) is 11.3. The van der Waals surface area contributed by atoms with Gasteiger partial charge in [0.1, 0.15) is 19.5 Å². The lowest BCUT2D eigenvalue weighted by molar-refractivity contribution is 0.402. The third kappa shape index (κ3) is 3.86. The molecule has 1 aromatic rings. The Morgan fingerprint density at radius 1 is 1.30 bits per heavy atom. The summed E-state index contributed by atoms with van der Waals surface area (Å²) in [7, 11) is -1.81. The summed E-state index contributed by atoms with van der Waals surface area (Å²) < 4.78 is 5.13. The predicted molar refractivity (Wildman–Crippen MR) is 84.7 cm³/mol. The summed E-state index contributed by atoms with van der Waals surface area (Å²) in [4.78, 5) is 4.14. The average molecular weight is 291 g/mol. The molecule has 0 saturated heterocycles. The molecule has 0 fully saturated rings. The van der Waals surface area contributed by atoms with Crippen LogP contribution in [0, 0.1) is 11.5 Å². The molecule has 1 heterocycles. The maximum absolute atomic E-state index is 9.20. The number of aromatic nitrogens is 1. The van der Waals surface area contributed by atoms with Gasteiger partial charge in [0, 0.05) is 17.7 Å². The van der Waals surface area contributed by atoms with Gasteiger partial charge in [-0.25, -0.2) is 4.98 Å². The van der Waals surface area contributed by atoms with Crippen molar-refractivity contribution in [1.82, 2.24) is 4.98 Å². The molecule has 108 valence electrons. The van der Waals surface area contributed by atoms with E-state index in [2.05, 4.69) is 50.3 Å². The van der Waals surface area contributed by atoms with Crippen LogP contribution in [0.25, 0.3) is 0 Å². The number of hydrogen-bond donors (Lipinski definition) is 2. The average Bonchev–Trinajstić information content (AvgIpc) is 2.34. The first-order valence-electron chi connectivity index (χ1n) is 6.52. The topological polar surface area (TPSA) is 62.6 Å². The van der Waals surface area contributed by atoms with Gasteiger partial charge in [-0.2, -0.15) is 0 Å². The minimum Gasteiger partial charge on any atom is -0.497 e. The van der Waals surface area contributed by atoms with Crippen molar-refractivity contribution in [3.05, 3.63) is 18.0 Å². The summed E-state index contributed by atoms with van der Waals surface area (Å²) in [5, 5.41) is 18.6. The van der Waals surface area contributed by atoms with Crippen molar-refractivity contribution in [3.8, 4) is 17.2 Å². The van der Waals surface area contributed by atoms with Crippen molar-refractivity contribution in [2.24, 2.45) is 0 Å². The number of methoxy groups -OCH3 is 1. The monoisotopic (exact) mass is 291 g/mol. The van der Waals surface area contributed by atoms with Gasteiger partial charge in [-0.1, -0.05) is 39.8 Å². The van der Waals surface area contributed by atoms with E-state index in [0.717, 1.165) is 0 Å². The van der Waals surface area contributed by atoms with Gasteiger partial charge in [-0.05, 0) is 5.04 Å². The van der Waals surface area contributed by atoms with Crippen LogP contribution < -0.4 is 10.2 Å². The number of hydrogen-bond acceptors (Lipinski definition) is 4. The number of ether oxygens (including phenoxy) is 1. The maximum Gasteiger partial charge on any atom is 0.493 e. The van der Waals surface area contributed by atoms with Crippen LogP contribution in [0.5, 0.6) is 5.75 Å². The SMILES string of the molecule is COc1cc(C#C[Si](C)(C)C(C)(C)C)ncc1B(O)O. The molecule has 0 atom stereocenters. The summed E-state index contributed by atoms with van der Waals surface area (Å²) in [6, 6.07) is 1.63. The summed E-state index contributed by atoms with van der Waals surface area (Å²) in [6.45, 7) is 11.1. The fraction of sp³-hybridized carbons (Fsp3) is 0.500. The maximum atomic E-state index is 9.20. The normalized spacial score (nSPS) is 11.6. The van der Waals surface area contributed by atoms with Crippen molar-refractivity contribution < 1.29 is 14.8 Å². The highest BCUT2D eigenvalue weighted by Gasteiger charge is 2.33. The van der Waals surface area contributed by atoms with Gasteiger partial charge in [0.25, 0.3) is 0 Å². The van der Waals surface area contributed by atoms with E-state index in [1.807, 2.05) is 0 Å². The molecule has 0 amide bonds. The molecule has 20 heavy (non-hydrogen) atoms. The summed E-state index contributed by atoms with van der Waals surface area (Å²) >= 11 is 0. The number of rotatable bonds is 2. The first-order chi connectivity index (χ1) is 9.08. The van der Waals surface area contributed by atoms with Gasteiger partial charge in [0.15, 0.2) is 0 Å². The molecule has 1 aromatic heterocycles. The molecule has 0 aromatic carbocycles. The van der Waals surface area contributed by atoms with Crippen LogP contribution in [0.4, 0.5) is 0 Å². The van der Waals surface area contributed by atoms with Crippen LogP contribution in [-0.2, 0) is 0 Å².